The predicted octanol–water partition coefficient (Wildman–Crippen LogP) is 4.07. The zero-order valence-electron chi connectivity index (χ0n) is 8.95. The summed E-state index contributed by atoms with van der Waals surface area (Å²) in [7, 11) is 0. The first-order chi connectivity index (χ1) is 8.60. The van der Waals surface area contributed by atoms with Crippen LogP contribution >= 0.6 is 45.8 Å². The van der Waals surface area contributed by atoms with Gasteiger partial charge in [0.1, 0.15) is 10.8 Å². The Bertz CT molecular complexity index is 563. The molecule has 3 N–H and O–H groups in total. The Kier molecular flexibility index (Phi) is 4.50. The van der Waals surface area contributed by atoms with Gasteiger partial charge in [-0.1, -0.05) is 23.2 Å². The molecule has 0 atom stereocenters. The predicted molar refractivity (Wildman–Crippen MR) is 81.3 cm³/mol. The van der Waals surface area contributed by atoms with Crippen LogP contribution in [0, 0.1) is 3.57 Å². The van der Waals surface area contributed by atoms with Crippen LogP contribution in [-0.2, 0) is 0 Å². The molecule has 1 heterocycles. The number of hydrogen-bond donors (Lipinski definition) is 2. The van der Waals surface area contributed by atoms with Crippen LogP contribution in [0.2, 0.25) is 10.0 Å². The molecule has 0 fully saturated rings. The zero-order valence-corrected chi connectivity index (χ0v) is 12.6. The van der Waals surface area contributed by atoms with Gasteiger partial charge in [0.05, 0.1) is 5.02 Å². The summed E-state index contributed by atoms with van der Waals surface area (Å²) >= 11 is 14.1. The second-order valence-electron chi connectivity index (χ2n) is 3.31. The lowest BCUT2D eigenvalue weighted by Crippen LogP contribution is -2.09. The van der Waals surface area contributed by atoms with Crippen LogP contribution in [-0.4, -0.2) is 4.98 Å². The maximum atomic E-state index is 6.00. The third-order valence-corrected chi connectivity index (χ3v) is 3.34. The highest BCUT2D eigenvalue weighted by molar-refractivity contribution is 14.1. The molecule has 7 heteroatoms. The molecule has 0 unspecified atom stereocenters. The lowest BCUT2D eigenvalue weighted by atomic mass is 10.3. The molecule has 2 aromatic rings. The molecule has 0 saturated heterocycles. The summed E-state index contributed by atoms with van der Waals surface area (Å²) in [4.78, 5) is 4.08. The minimum Gasteiger partial charge on any atom is -0.437 e. The van der Waals surface area contributed by atoms with Gasteiger partial charge in [-0.25, -0.2) is 5.84 Å². The van der Waals surface area contributed by atoms with E-state index in [1.54, 1.807) is 0 Å². The monoisotopic (exact) mass is 395 g/mol. The first-order valence-corrected chi connectivity index (χ1v) is 6.69. The number of ether oxygens (including phenoxy) is 1. The number of nitrogens with zero attached hydrogens (tertiary/aromatic N) is 1. The van der Waals surface area contributed by atoms with Crippen molar-refractivity contribution in [3.05, 3.63) is 43.9 Å². The average Bonchev–Trinajstić information content (AvgIpc) is 2.35. The molecule has 0 saturated carbocycles. The van der Waals surface area contributed by atoms with Gasteiger partial charge in [-0.05, 0) is 52.9 Å². The van der Waals surface area contributed by atoms with Crippen molar-refractivity contribution in [1.82, 2.24) is 4.98 Å². The number of benzene rings is 1. The molecule has 0 aliphatic rings. The van der Waals surface area contributed by atoms with Crippen LogP contribution in [0.4, 0.5) is 5.82 Å². The van der Waals surface area contributed by atoms with E-state index in [4.69, 9.17) is 33.8 Å². The highest BCUT2D eigenvalue weighted by Gasteiger charge is 2.10. The summed E-state index contributed by atoms with van der Waals surface area (Å²) in [6.07, 6.45) is 0. The average molecular weight is 396 g/mol. The van der Waals surface area contributed by atoms with Gasteiger partial charge >= 0.3 is 0 Å². The number of halogens is 3. The highest BCUT2D eigenvalue weighted by Crippen LogP contribution is 2.33. The van der Waals surface area contributed by atoms with E-state index in [0.717, 1.165) is 3.57 Å². The number of aromatic nitrogens is 1. The Morgan fingerprint density at radius 2 is 1.83 bits per heavy atom. The zero-order chi connectivity index (χ0) is 13.1. The topological polar surface area (TPSA) is 60.2 Å². The van der Waals surface area contributed by atoms with Crippen molar-refractivity contribution in [3.8, 4) is 11.6 Å². The summed E-state index contributed by atoms with van der Waals surface area (Å²) in [6.45, 7) is 0. The smallest absolute Gasteiger partial charge is 0.240 e. The molecule has 0 bridgehead atoms. The van der Waals surface area contributed by atoms with Crippen molar-refractivity contribution in [2.45, 2.75) is 0 Å². The minimum atomic E-state index is 0.246. The maximum absolute atomic E-state index is 6.00. The molecule has 0 amide bonds. The summed E-state index contributed by atoms with van der Waals surface area (Å²) in [5.41, 5.74) is 2.37. The Morgan fingerprint density at radius 3 is 2.44 bits per heavy atom. The summed E-state index contributed by atoms with van der Waals surface area (Å²) in [6, 6.07) is 9.00. The van der Waals surface area contributed by atoms with Crippen molar-refractivity contribution in [1.29, 1.82) is 0 Å². The summed E-state index contributed by atoms with van der Waals surface area (Å²) < 4.78 is 6.67. The number of anilines is 1. The standard InChI is InChI=1S/C11H8Cl2IN3O/c12-8-5-9(13)11(16-10(8)17-15)18-7-3-1-6(14)2-4-7/h1-5H,15H2,(H,16,17). The van der Waals surface area contributed by atoms with E-state index >= 15 is 0 Å². The van der Waals surface area contributed by atoms with Crippen LogP contribution in [0.25, 0.3) is 0 Å². The Hall–Kier alpha value is -0.760. The van der Waals surface area contributed by atoms with E-state index in [1.807, 2.05) is 24.3 Å². The fraction of sp³-hybridized carbons (Fsp3) is 0. The number of nitrogens with two attached hydrogens (primary N) is 1. The number of rotatable bonds is 3. The van der Waals surface area contributed by atoms with E-state index in [9.17, 15) is 0 Å². The molecule has 0 aliphatic heterocycles. The normalized spacial score (nSPS) is 10.2. The van der Waals surface area contributed by atoms with Crippen molar-refractivity contribution in [3.63, 3.8) is 0 Å². The van der Waals surface area contributed by atoms with Crippen molar-refractivity contribution in [2.75, 3.05) is 5.43 Å². The van der Waals surface area contributed by atoms with Crippen LogP contribution < -0.4 is 16.0 Å². The molecule has 1 aromatic heterocycles. The van der Waals surface area contributed by atoms with Gasteiger partial charge in [0, 0.05) is 3.57 Å². The Balaban J connectivity index is 2.31. The molecule has 18 heavy (non-hydrogen) atoms. The van der Waals surface area contributed by atoms with E-state index in [1.165, 1.54) is 6.07 Å². The van der Waals surface area contributed by atoms with E-state index in [2.05, 4.69) is 33.0 Å². The van der Waals surface area contributed by atoms with Crippen molar-refractivity contribution >= 4 is 51.6 Å². The van der Waals surface area contributed by atoms with Crippen LogP contribution in [0.1, 0.15) is 0 Å². The summed E-state index contributed by atoms with van der Waals surface area (Å²) in [5, 5.41) is 0.648. The number of nitrogen functional groups attached to an aromatic ring is 1. The molecule has 4 nitrogen and oxygen atoms in total. The van der Waals surface area contributed by atoms with Crippen LogP contribution in [0.3, 0.4) is 0 Å². The van der Waals surface area contributed by atoms with Gasteiger partial charge in [-0.15, -0.1) is 0 Å². The SMILES string of the molecule is NNc1nc(Oc2ccc(I)cc2)c(Cl)cc1Cl. The molecule has 94 valence electrons. The lowest BCUT2D eigenvalue weighted by Gasteiger charge is -2.09. The van der Waals surface area contributed by atoms with Gasteiger partial charge in [0.25, 0.3) is 0 Å². The first kappa shape index (κ1) is 13.7. The third kappa shape index (κ3) is 3.17. The van der Waals surface area contributed by atoms with Gasteiger partial charge in [0.15, 0.2) is 5.82 Å². The van der Waals surface area contributed by atoms with Crippen molar-refractivity contribution < 1.29 is 4.74 Å². The van der Waals surface area contributed by atoms with Gasteiger partial charge in [-0.2, -0.15) is 4.98 Å². The number of pyridine rings is 1. The molecule has 0 aliphatic carbocycles. The van der Waals surface area contributed by atoms with Crippen LogP contribution in [0.5, 0.6) is 11.6 Å². The molecular weight excluding hydrogens is 388 g/mol. The second kappa shape index (κ2) is 5.92. The number of hydrogen-bond acceptors (Lipinski definition) is 4. The van der Waals surface area contributed by atoms with Gasteiger partial charge < -0.3 is 10.2 Å². The second-order valence-corrected chi connectivity index (χ2v) is 5.37. The van der Waals surface area contributed by atoms with E-state index < -0.39 is 0 Å². The number of hydrazine groups is 1. The maximum Gasteiger partial charge on any atom is 0.240 e. The van der Waals surface area contributed by atoms with Gasteiger partial charge in [0.2, 0.25) is 5.88 Å². The highest BCUT2D eigenvalue weighted by atomic mass is 127. The van der Waals surface area contributed by atoms with Crippen LogP contribution in [0.15, 0.2) is 30.3 Å². The van der Waals surface area contributed by atoms with E-state index in [-0.39, 0.29) is 5.88 Å². The summed E-state index contributed by atoms with van der Waals surface area (Å²) in [5.74, 6) is 6.47. The molecular formula is C11H8Cl2IN3O. The van der Waals surface area contributed by atoms with E-state index in [0.29, 0.717) is 21.6 Å². The third-order valence-electron chi connectivity index (χ3n) is 2.06. The fourth-order valence-corrected chi connectivity index (χ4v) is 2.05. The van der Waals surface area contributed by atoms with Crippen molar-refractivity contribution in [2.24, 2.45) is 5.84 Å². The minimum absolute atomic E-state index is 0.246. The quantitative estimate of drug-likeness (QED) is 0.467. The largest absolute Gasteiger partial charge is 0.437 e. The molecule has 0 radical (unpaired) electrons. The lowest BCUT2D eigenvalue weighted by molar-refractivity contribution is 0.464. The fourth-order valence-electron chi connectivity index (χ4n) is 1.24. The Morgan fingerprint density at radius 1 is 1.17 bits per heavy atom. The molecule has 2 rings (SSSR count). The number of nitrogens with one attached hydrogen (secondary N) is 1. The Labute approximate surface area is 128 Å². The first-order valence-electron chi connectivity index (χ1n) is 4.86. The van der Waals surface area contributed by atoms with Gasteiger partial charge in [-0.3, -0.25) is 0 Å². The molecule has 1 aromatic carbocycles. The molecule has 0 spiro atoms.